The summed E-state index contributed by atoms with van der Waals surface area (Å²) in [6.45, 7) is 7.39. The Hall–Kier alpha value is -1.53. The minimum Gasteiger partial charge on any atom is -0.374 e. The van der Waals surface area contributed by atoms with Crippen LogP contribution in [0.1, 0.15) is 20.8 Å². The highest BCUT2D eigenvalue weighted by atomic mass is 32.1. The lowest BCUT2D eigenvalue weighted by Gasteiger charge is -2.25. The molecular formula is C13H18N4OS. The molecule has 0 aliphatic rings. The van der Waals surface area contributed by atoms with Crippen LogP contribution >= 0.6 is 12.2 Å². The number of nitrogens with one attached hydrogen (secondary N) is 1. The molecular weight excluding hydrogens is 260 g/mol. The largest absolute Gasteiger partial charge is 0.374 e. The third kappa shape index (κ3) is 3.27. The van der Waals surface area contributed by atoms with Crippen molar-refractivity contribution in [2.75, 3.05) is 6.61 Å². The van der Waals surface area contributed by atoms with Crippen molar-refractivity contribution in [1.29, 1.82) is 0 Å². The number of aromatic amines is 1. The monoisotopic (exact) mass is 278 g/mol. The molecule has 0 atom stereocenters. The molecule has 2 heterocycles. The van der Waals surface area contributed by atoms with E-state index in [2.05, 4.69) is 15.2 Å². The number of pyridine rings is 1. The van der Waals surface area contributed by atoms with Gasteiger partial charge >= 0.3 is 0 Å². The minimum atomic E-state index is -0.293. The van der Waals surface area contributed by atoms with E-state index in [9.17, 15) is 0 Å². The van der Waals surface area contributed by atoms with Crippen molar-refractivity contribution in [3.05, 3.63) is 29.3 Å². The number of hydrogen-bond donors (Lipinski definition) is 1. The summed E-state index contributed by atoms with van der Waals surface area (Å²) >= 11 is 5.30. The lowest BCUT2D eigenvalue weighted by molar-refractivity contribution is -0.0224. The van der Waals surface area contributed by atoms with Crippen molar-refractivity contribution in [3.63, 3.8) is 0 Å². The van der Waals surface area contributed by atoms with E-state index in [-0.39, 0.29) is 5.60 Å². The fourth-order valence-corrected chi connectivity index (χ4v) is 2.20. The van der Waals surface area contributed by atoms with Gasteiger partial charge in [-0.25, -0.2) is 0 Å². The molecule has 0 unspecified atom stereocenters. The average molecular weight is 278 g/mol. The first-order valence-electron chi connectivity index (χ1n) is 6.23. The Kier molecular flexibility index (Phi) is 4.11. The van der Waals surface area contributed by atoms with E-state index in [1.54, 1.807) is 12.4 Å². The molecule has 6 heteroatoms. The number of hydrogen-bond acceptors (Lipinski definition) is 4. The summed E-state index contributed by atoms with van der Waals surface area (Å²) < 4.78 is 8.28. The van der Waals surface area contributed by atoms with Gasteiger partial charge in [-0.05, 0) is 45.1 Å². The zero-order valence-corrected chi connectivity index (χ0v) is 12.2. The van der Waals surface area contributed by atoms with Crippen molar-refractivity contribution in [1.82, 2.24) is 19.7 Å². The van der Waals surface area contributed by atoms with Crippen LogP contribution in [0.5, 0.6) is 0 Å². The molecule has 0 aliphatic heterocycles. The number of ether oxygens (including phenoxy) is 1. The smallest absolute Gasteiger partial charge is 0.195 e. The van der Waals surface area contributed by atoms with E-state index in [1.807, 2.05) is 37.5 Å². The van der Waals surface area contributed by atoms with Crippen LogP contribution in [0.2, 0.25) is 0 Å². The molecule has 2 rings (SSSR count). The van der Waals surface area contributed by atoms with Gasteiger partial charge in [0, 0.05) is 24.6 Å². The van der Waals surface area contributed by atoms with Gasteiger partial charge in [0.05, 0.1) is 12.1 Å². The van der Waals surface area contributed by atoms with Gasteiger partial charge in [0.15, 0.2) is 10.6 Å². The molecule has 0 aromatic carbocycles. The van der Waals surface area contributed by atoms with E-state index in [4.69, 9.17) is 17.0 Å². The highest BCUT2D eigenvalue weighted by Gasteiger charge is 2.21. The van der Waals surface area contributed by atoms with Gasteiger partial charge in [-0.2, -0.15) is 5.10 Å². The third-order valence-corrected chi connectivity index (χ3v) is 3.08. The van der Waals surface area contributed by atoms with E-state index in [0.717, 1.165) is 11.4 Å². The van der Waals surface area contributed by atoms with Crippen LogP contribution in [-0.4, -0.2) is 32.0 Å². The zero-order valence-electron chi connectivity index (χ0n) is 11.4. The van der Waals surface area contributed by atoms with Crippen molar-refractivity contribution in [3.8, 4) is 11.4 Å². The maximum Gasteiger partial charge on any atom is 0.195 e. The summed E-state index contributed by atoms with van der Waals surface area (Å²) in [5.74, 6) is 0.806. The molecule has 2 aromatic rings. The predicted octanol–water partition coefficient (Wildman–Crippen LogP) is 2.82. The summed E-state index contributed by atoms with van der Waals surface area (Å²) in [6, 6.07) is 3.82. The Morgan fingerprint density at radius 2 is 2.05 bits per heavy atom. The Labute approximate surface area is 117 Å². The second kappa shape index (κ2) is 5.63. The first-order valence-corrected chi connectivity index (χ1v) is 6.64. The van der Waals surface area contributed by atoms with Crippen LogP contribution in [0.25, 0.3) is 11.4 Å². The Balaban J connectivity index is 2.37. The van der Waals surface area contributed by atoms with E-state index in [1.165, 1.54) is 0 Å². The lowest BCUT2D eigenvalue weighted by atomic mass is 10.1. The van der Waals surface area contributed by atoms with Crippen LogP contribution in [0.3, 0.4) is 0 Å². The van der Waals surface area contributed by atoms with Crippen LogP contribution in [0.15, 0.2) is 24.5 Å². The fourth-order valence-electron chi connectivity index (χ4n) is 2.00. The lowest BCUT2D eigenvalue weighted by Crippen LogP contribution is -2.31. The Morgan fingerprint density at radius 1 is 1.37 bits per heavy atom. The van der Waals surface area contributed by atoms with Gasteiger partial charge in [0.1, 0.15) is 0 Å². The normalized spacial score (nSPS) is 11.7. The van der Waals surface area contributed by atoms with E-state index < -0.39 is 0 Å². The minimum absolute atomic E-state index is 0.293. The average Bonchev–Trinajstić information content (AvgIpc) is 2.71. The molecule has 0 saturated heterocycles. The van der Waals surface area contributed by atoms with Crippen LogP contribution in [0.4, 0.5) is 0 Å². The van der Waals surface area contributed by atoms with Gasteiger partial charge in [0.25, 0.3) is 0 Å². The number of H-pyrrole nitrogens is 1. The predicted molar refractivity (Wildman–Crippen MR) is 76.3 cm³/mol. The third-order valence-electron chi connectivity index (χ3n) is 2.77. The summed E-state index contributed by atoms with van der Waals surface area (Å²) in [6.07, 6.45) is 3.48. The second-order valence-electron chi connectivity index (χ2n) is 4.87. The number of nitrogens with zero attached hydrogens (tertiary/aromatic N) is 3. The maximum atomic E-state index is 5.73. The summed E-state index contributed by atoms with van der Waals surface area (Å²) in [5.41, 5.74) is 0.688. The van der Waals surface area contributed by atoms with Crippen LogP contribution in [-0.2, 0) is 11.3 Å². The molecule has 1 N–H and O–H groups in total. The van der Waals surface area contributed by atoms with Gasteiger partial charge in [0.2, 0.25) is 0 Å². The standard InChI is InChI=1S/C13H18N4OS/c1-4-18-13(2,3)9-17-11(15-16-12(17)19)10-5-7-14-8-6-10/h5-8H,4,9H2,1-3H3,(H,16,19). The number of rotatable bonds is 5. The fraction of sp³-hybridized carbons (Fsp3) is 0.462. The first kappa shape index (κ1) is 13.9. The molecule has 0 fully saturated rings. The van der Waals surface area contributed by atoms with E-state index >= 15 is 0 Å². The quantitative estimate of drug-likeness (QED) is 0.854. The van der Waals surface area contributed by atoms with Crippen molar-refractivity contribution >= 4 is 12.2 Å². The molecule has 0 spiro atoms. The molecule has 0 aliphatic carbocycles. The molecule has 0 bridgehead atoms. The van der Waals surface area contributed by atoms with Gasteiger partial charge < -0.3 is 4.74 Å². The zero-order chi connectivity index (χ0) is 13.9. The molecule has 5 nitrogen and oxygen atoms in total. The van der Waals surface area contributed by atoms with E-state index in [0.29, 0.717) is 17.9 Å². The summed E-state index contributed by atoms with van der Waals surface area (Å²) in [7, 11) is 0. The molecule has 2 aromatic heterocycles. The topological polar surface area (TPSA) is 55.7 Å². The first-order chi connectivity index (χ1) is 9.03. The van der Waals surface area contributed by atoms with Gasteiger partial charge in [-0.15, -0.1) is 0 Å². The summed E-state index contributed by atoms with van der Waals surface area (Å²) in [5, 5.41) is 7.13. The summed E-state index contributed by atoms with van der Waals surface area (Å²) in [4.78, 5) is 4.01. The molecule has 102 valence electrons. The number of aromatic nitrogens is 4. The van der Waals surface area contributed by atoms with Crippen molar-refractivity contribution in [2.45, 2.75) is 32.9 Å². The maximum absolute atomic E-state index is 5.73. The van der Waals surface area contributed by atoms with Gasteiger partial charge in [-0.1, -0.05) is 0 Å². The molecule has 0 radical (unpaired) electrons. The Morgan fingerprint density at radius 3 is 2.68 bits per heavy atom. The van der Waals surface area contributed by atoms with Crippen molar-refractivity contribution in [2.24, 2.45) is 0 Å². The Bertz CT molecular complexity index is 588. The van der Waals surface area contributed by atoms with Crippen LogP contribution < -0.4 is 0 Å². The second-order valence-corrected chi connectivity index (χ2v) is 5.25. The molecule has 0 saturated carbocycles. The highest BCUT2D eigenvalue weighted by Crippen LogP contribution is 2.20. The SMILES string of the molecule is CCOC(C)(C)Cn1c(-c2ccncc2)n[nH]c1=S. The van der Waals surface area contributed by atoms with Gasteiger partial charge in [-0.3, -0.25) is 14.6 Å². The molecule has 0 amide bonds. The highest BCUT2D eigenvalue weighted by molar-refractivity contribution is 7.71. The van der Waals surface area contributed by atoms with Crippen molar-refractivity contribution < 1.29 is 4.74 Å². The molecule has 19 heavy (non-hydrogen) atoms. The van der Waals surface area contributed by atoms with Crippen LogP contribution in [0, 0.1) is 4.77 Å².